The van der Waals surface area contributed by atoms with Crippen molar-refractivity contribution in [2.75, 3.05) is 34.0 Å². The molecule has 9 nitrogen and oxygen atoms in total. The maximum atomic E-state index is 14.0. The molecule has 4 rings (SSSR count). The number of fused-ring (bicyclic) bond motifs is 1. The fraction of sp³-hybridized carbons (Fsp3) is 0.323. The number of ether oxygens (including phenoxy) is 5. The summed E-state index contributed by atoms with van der Waals surface area (Å²) in [5.74, 6) is 1.73. The van der Waals surface area contributed by atoms with Crippen LogP contribution in [-0.2, 0) is 16.0 Å². The van der Waals surface area contributed by atoms with Gasteiger partial charge in [0, 0.05) is 11.8 Å². The van der Waals surface area contributed by atoms with E-state index >= 15 is 0 Å². The second-order valence-corrected chi connectivity index (χ2v) is 9.89. The van der Waals surface area contributed by atoms with Gasteiger partial charge in [0.1, 0.15) is 0 Å². The molecule has 41 heavy (non-hydrogen) atoms. The predicted octanol–water partition coefficient (Wildman–Crippen LogP) is 3.95. The number of esters is 1. The molecule has 0 saturated carbocycles. The Hall–Kier alpha value is -4.31. The van der Waals surface area contributed by atoms with Crippen molar-refractivity contribution >= 4 is 23.4 Å². The molecule has 0 N–H and O–H groups in total. The standard InChI is InChI=1S/C31H34N2O7S/c1-7-11-21-14-19(15-25(40-10-4)28(21)36-5)16-26-29(34)33-27(22(30(35)37-6)18-32-31(33)41-26)20-12-13-23(38-8-2)24(17-20)39-9-3/h7,12-18,27H,1,8-11H2,2-6H3/b26-16-/t27-/m1/s1. The Morgan fingerprint density at radius 1 is 1.02 bits per heavy atom. The van der Waals surface area contributed by atoms with Gasteiger partial charge in [0.25, 0.3) is 5.56 Å². The number of nitrogens with zero attached hydrogens (tertiary/aromatic N) is 2. The normalized spacial score (nSPS) is 14.4. The molecule has 2 aromatic carbocycles. The van der Waals surface area contributed by atoms with Crippen LogP contribution in [0.2, 0.25) is 0 Å². The maximum Gasteiger partial charge on any atom is 0.337 e. The minimum Gasteiger partial charge on any atom is -0.493 e. The second-order valence-electron chi connectivity index (χ2n) is 8.89. The Kier molecular flexibility index (Phi) is 9.67. The van der Waals surface area contributed by atoms with Gasteiger partial charge in [-0.2, -0.15) is 0 Å². The molecule has 10 heteroatoms. The summed E-state index contributed by atoms with van der Waals surface area (Å²) in [6.07, 6.45) is 5.60. The minimum atomic E-state index is -0.776. The Balaban J connectivity index is 1.91. The summed E-state index contributed by atoms with van der Waals surface area (Å²) in [5, 5.41) is 0. The number of benzene rings is 2. The zero-order valence-electron chi connectivity index (χ0n) is 23.9. The molecule has 1 aromatic heterocycles. The van der Waals surface area contributed by atoms with E-state index < -0.39 is 12.0 Å². The topological polar surface area (TPSA) is 97.6 Å². The van der Waals surface area contributed by atoms with Gasteiger partial charge in [0.15, 0.2) is 27.8 Å². The van der Waals surface area contributed by atoms with Gasteiger partial charge in [-0.05, 0) is 68.7 Å². The van der Waals surface area contributed by atoms with E-state index in [0.717, 1.165) is 11.1 Å². The van der Waals surface area contributed by atoms with Crippen molar-refractivity contribution in [3.63, 3.8) is 0 Å². The van der Waals surface area contributed by atoms with E-state index in [9.17, 15) is 9.59 Å². The van der Waals surface area contributed by atoms with E-state index in [0.29, 0.717) is 64.1 Å². The van der Waals surface area contributed by atoms with Gasteiger partial charge in [0.05, 0.1) is 50.2 Å². The molecule has 1 aliphatic heterocycles. The van der Waals surface area contributed by atoms with E-state index in [1.54, 1.807) is 31.4 Å². The quantitative estimate of drug-likeness (QED) is 0.237. The smallest absolute Gasteiger partial charge is 0.337 e. The van der Waals surface area contributed by atoms with Crippen LogP contribution in [0.3, 0.4) is 0 Å². The lowest BCUT2D eigenvalue weighted by atomic mass is 9.97. The molecule has 2 heterocycles. The molecule has 0 bridgehead atoms. The fourth-order valence-corrected chi connectivity index (χ4v) is 5.68. The third-order valence-corrected chi connectivity index (χ3v) is 7.33. The summed E-state index contributed by atoms with van der Waals surface area (Å²) >= 11 is 1.23. The van der Waals surface area contributed by atoms with Crippen LogP contribution < -0.4 is 33.8 Å². The van der Waals surface area contributed by atoms with Crippen LogP contribution in [0.1, 0.15) is 43.5 Å². The number of hydrogen-bond acceptors (Lipinski definition) is 9. The number of allylic oxidation sites excluding steroid dienone is 1. The van der Waals surface area contributed by atoms with Crippen LogP contribution in [0, 0.1) is 0 Å². The maximum absolute atomic E-state index is 14.0. The minimum absolute atomic E-state index is 0.231. The monoisotopic (exact) mass is 578 g/mol. The van der Waals surface area contributed by atoms with Crippen molar-refractivity contribution in [1.82, 2.24) is 4.57 Å². The average Bonchev–Trinajstić information content (AvgIpc) is 3.28. The first-order valence-electron chi connectivity index (χ1n) is 13.3. The van der Waals surface area contributed by atoms with Gasteiger partial charge in [-0.25, -0.2) is 9.79 Å². The Labute approximate surface area is 242 Å². The molecule has 0 amide bonds. The first-order valence-corrected chi connectivity index (χ1v) is 14.2. The van der Waals surface area contributed by atoms with Crippen molar-refractivity contribution < 1.29 is 28.5 Å². The number of aromatic nitrogens is 1. The molecule has 0 spiro atoms. The van der Waals surface area contributed by atoms with Crippen LogP contribution in [-0.4, -0.2) is 44.6 Å². The lowest BCUT2D eigenvalue weighted by molar-refractivity contribution is -0.136. The lowest BCUT2D eigenvalue weighted by Gasteiger charge is -2.23. The first-order chi connectivity index (χ1) is 19.9. The highest BCUT2D eigenvalue weighted by Gasteiger charge is 2.31. The van der Waals surface area contributed by atoms with Gasteiger partial charge >= 0.3 is 5.97 Å². The third kappa shape index (κ3) is 6.07. The summed E-state index contributed by atoms with van der Waals surface area (Å²) in [4.78, 5) is 31.7. The Morgan fingerprint density at radius 2 is 1.73 bits per heavy atom. The van der Waals surface area contributed by atoms with Gasteiger partial charge in [0.2, 0.25) is 0 Å². The van der Waals surface area contributed by atoms with Crippen LogP contribution in [0.5, 0.6) is 23.0 Å². The Bertz CT molecular complexity index is 1650. The molecule has 0 saturated heterocycles. The van der Waals surface area contributed by atoms with Gasteiger partial charge in [-0.1, -0.05) is 23.5 Å². The van der Waals surface area contributed by atoms with Gasteiger partial charge in [-0.3, -0.25) is 9.36 Å². The largest absolute Gasteiger partial charge is 0.493 e. The fourth-order valence-electron chi connectivity index (χ4n) is 4.71. The van der Waals surface area contributed by atoms with E-state index in [1.165, 1.54) is 29.2 Å². The van der Waals surface area contributed by atoms with Crippen molar-refractivity contribution in [2.45, 2.75) is 33.2 Å². The van der Waals surface area contributed by atoms with Crippen molar-refractivity contribution in [3.8, 4) is 23.0 Å². The molecular weight excluding hydrogens is 544 g/mol. The molecule has 1 aliphatic rings. The number of carbonyl (C=O) groups excluding carboxylic acids is 1. The van der Waals surface area contributed by atoms with Gasteiger partial charge < -0.3 is 23.7 Å². The molecule has 1 atom stereocenters. The Morgan fingerprint density at radius 3 is 2.39 bits per heavy atom. The SMILES string of the molecule is C=CCc1cc(/C=c2\sc3n(c2=O)[C@H](c2ccc(OCC)c(OCC)c2)C(C(=O)OC)=CN=3)cc(OCC)c1OC. The summed E-state index contributed by atoms with van der Waals surface area (Å²) in [6, 6.07) is 8.39. The number of carbonyl (C=O) groups is 1. The van der Waals surface area contributed by atoms with Crippen LogP contribution >= 0.6 is 11.3 Å². The van der Waals surface area contributed by atoms with Crippen LogP contribution in [0.4, 0.5) is 0 Å². The molecule has 0 radical (unpaired) electrons. The first kappa shape index (κ1) is 29.7. The number of methoxy groups -OCH3 is 2. The van der Waals surface area contributed by atoms with Gasteiger partial charge in [-0.15, -0.1) is 6.58 Å². The van der Waals surface area contributed by atoms with Crippen molar-refractivity contribution in [3.05, 3.63) is 91.1 Å². The number of thiazole rings is 1. The van der Waals surface area contributed by atoms with Crippen LogP contribution in [0.15, 0.2) is 64.5 Å². The van der Waals surface area contributed by atoms with Crippen molar-refractivity contribution in [2.24, 2.45) is 4.99 Å². The molecular formula is C31H34N2O7S. The third-order valence-electron chi connectivity index (χ3n) is 6.33. The molecule has 3 aromatic rings. The predicted molar refractivity (Wildman–Crippen MR) is 158 cm³/mol. The van der Waals surface area contributed by atoms with Crippen molar-refractivity contribution in [1.29, 1.82) is 0 Å². The van der Waals surface area contributed by atoms with E-state index in [-0.39, 0.29) is 11.1 Å². The average molecular weight is 579 g/mol. The molecule has 0 unspecified atom stereocenters. The summed E-state index contributed by atoms with van der Waals surface area (Å²) < 4.78 is 30.0. The highest BCUT2D eigenvalue weighted by molar-refractivity contribution is 7.07. The lowest BCUT2D eigenvalue weighted by Crippen LogP contribution is -2.39. The van der Waals surface area contributed by atoms with E-state index in [2.05, 4.69) is 11.6 Å². The summed E-state index contributed by atoms with van der Waals surface area (Å²) in [5.41, 5.74) is 2.25. The number of hydrogen-bond donors (Lipinski definition) is 0. The highest BCUT2D eigenvalue weighted by Crippen LogP contribution is 2.36. The molecule has 216 valence electrons. The molecule has 0 fully saturated rings. The highest BCUT2D eigenvalue weighted by atomic mass is 32.1. The number of rotatable bonds is 12. The van der Waals surface area contributed by atoms with E-state index in [4.69, 9.17) is 23.7 Å². The summed E-state index contributed by atoms with van der Waals surface area (Å²) in [6.45, 7) is 10.9. The second kappa shape index (κ2) is 13.4. The summed E-state index contributed by atoms with van der Waals surface area (Å²) in [7, 11) is 2.90. The van der Waals surface area contributed by atoms with Crippen LogP contribution in [0.25, 0.3) is 6.08 Å². The van der Waals surface area contributed by atoms with E-state index in [1.807, 2.05) is 39.0 Å². The molecule has 0 aliphatic carbocycles. The zero-order chi connectivity index (χ0) is 29.5. The zero-order valence-corrected chi connectivity index (χ0v) is 24.7.